The van der Waals surface area contributed by atoms with Gasteiger partial charge in [-0.1, -0.05) is 0 Å². The highest BCUT2D eigenvalue weighted by Gasteiger charge is 1.96. The summed E-state index contributed by atoms with van der Waals surface area (Å²) in [6.07, 6.45) is 0. The van der Waals surface area contributed by atoms with Crippen molar-refractivity contribution in [2.45, 2.75) is 13.5 Å². The van der Waals surface area contributed by atoms with E-state index in [4.69, 9.17) is 0 Å². The Morgan fingerprint density at radius 1 is 1.64 bits per heavy atom. The first kappa shape index (κ1) is 8.64. The molecule has 0 radical (unpaired) electrons. The Kier molecular flexibility index (Phi) is 2.99. The van der Waals surface area contributed by atoms with Gasteiger partial charge in [0.1, 0.15) is 0 Å². The van der Waals surface area contributed by atoms with Crippen molar-refractivity contribution in [3.63, 3.8) is 0 Å². The van der Waals surface area contributed by atoms with E-state index in [0.29, 0.717) is 0 Å². The van der Waals surface area contributed by atoms with Crippen LogP contribution in [0.3, 0.4) is 0 Å². The SMILES string of the molecule is Cc1nc(CNN(C)C)cs1. The van der Waals surface area contributed by atoms with Crippen LogP contribution >= 0.6 is 11.3 Å². The third-order valence-corrected chi connectivity index (χ3v) is 2.07. The van der Waals surface area contributed by atoms with Crippen LogP contribution in [0.5, 0.6) is 0 Å². The summed E-state index contributed by atoms with van der Waals surface area (Å²) < 4.78 is 0. The molecule has 0 fully saturated rings. The number of hydrogen-bond donors (Lipinski definition) is 1. The minimum absolute atomic E-state index is 0.817. The Labute approximate surface area is 71.0 Å². The Hall–Kier alpha value is -0.450. The molecule has 1 N–H and O–H groups in total. The van der Waals surface area contributed by atoms with Crippen molar-refractivity contribution in [2.75, 3.05) is 14.1 Å². The number of hydrogen-bond acceptors (Lipinski definition) is 4. The molecular formula is C7H13N3S. The van der Waals surface area contributed by atoms with Gasteiger partial charge in [-0.2, -0.15) is 0 Å². The monoisotopic (exact) mass is 171 g/mol. The maximum atomic E-state index is 4.31. The molecule has 3 nitrogen and oxygen atoms in total. The maximum absolute atomic E-state index is 4.31. The highest BCUT2D eigenvalue weighted by Crippen LogP contribution is 2.06. The van der Waals surface area contributed by atoms with E-state index in [-0.39, 0.29) is 0 Å². The number of nitrogens with one attached hydrogen (secondary N) is 1. The smallest absolute Gasteiger partial charge is 0.0897 e. The molecule has 1 heterocycles. The van der Waals surface area contributed by atoms with Crippen LogP contribution in [0.25, 0.3) is 0 Å². The quantitative estimate of drug-likeness (QED) is 0.688. The predicted molar refractivity (Wildman–Crippen MR) is 47.4 cm³/mol. The fourth-order valence-electron chi connectivity index (χ4n) is 0.729. The lowest BCUT2D eigenvalue weighted by molar-refractivity contribution is 0.284. The molecule has 11 heavy (non-hydrogen) atoms. The molecular weight excluding hydrogens is 158 g/mol. The number of thiazole rings is 1. The van der Waals surface area contributed by atoms with E-state index in [1.165, 1.54) is 0 Å². The summed E-state index contributed by atoms with van der Waals surface area (Å²) in [6, 6.07) is 0. The average molecular weight is 171 g/mol. The van der Waals surface area contributed by atoms with Gasteiger partial charge in [0.15, 0.2) is 0 Å². The Bertz CT molecular complexity index is 219. The van der Waals surface area contributed by atoms with Crippen LogP contribution in [0.15, 0.2) is 5.38 Å². The topological polar surface area (TPSA) is 28.2 Å². The van der Waals surface area contributed by atoms with Crippen molar-refractivity contribution < 1.29 is 0 Å². The summed E-state index contributed by atoms with van der Waals surface area (Å²) in [5, 5.41) is 5.13. The van der Waals surface area contributed by atoms with E-state index in [0.717, 1.165) is 17.2 Å². The second kappa shape index (κ2) is 3.80. The average Bonchev–Trinajstić information content (AvgIpc) is 2.31. The number of aryl methyl sites for hydroxylation is 1. The van der Waals surface area contributed by atoms with Crippen LogP contribution in [-0.4, -0.2) is 24.1 Å². The van der Waals surface area contributed by atoms with Gasteiger partial charge in [-0.15, -0.1) is 11.3 Å². The summed E-state index contributed by atoms with van der Waals surface area (Å²) in [5.41, 5.74) is 4.26. The van der Waals surface area contributed by atoms with Crippen molar-refractivity contribution in [2.24, 2.45) is 0 Å². The van der Waals surface area contributed by atoms with Crippen LogP contribution < -0.4 is 5.43 Å². The van der Waals surface area contributed by atoms with Crippen molar-refractivity contribution in [1.29, 1.82) is 0 Å². The van der Waals surface area contributed by atoms with Crippen molar-refractivity contribution in [3.8, 4) is 0 Å². The van der Waals surface area contributed by atoms with E-state index in [9.17, 15) is 0 Å². The summed E-state index contributed by atoms with van der Waals surface area (Å²) >= 11 is 1.69. The zero-order chi connectivity index (χ0) is 8.27. The van der Waals surface area contributed by atoms with E-state index in [1.807, 2.05) is 26.0 Å². The van der Waals surface area contributed by atoms with Crippen LogP contribution in [0, 0.1) is 6.92 Å². The Morgan fingerprint density at radius 2 is 2.36 bits per heavy atom. The van der Waals surface area contributed by atoms with E-state index in [2.05, 4.69) is 15.8 Å². The lowest BCUT2D eigenvalue weighted by atomic mass is 10.5. The lowest BCUT2D eigenvalue weighted by Gasteiger charge is -2.09. The molecule has 0 aromatic carbocycles. The van der Waals surface area contributed by atoms with Gasteiger partial charge < -0.3 is 0 Å². The second-order valence-electron chi connectivity index (χ2n) is 2.59. The van der Waals surface area contributed by atoms with Crippen LogP contribution in [-0.2, 0) is 6.54 Å². The molecule has 0 amide bonds. The molecule has 0 aliphatic rings. The fraction of sp³-hybridized carbons (Fsp3) is 0.571. The molecule has 0 aliphatic heterocycles. The summed E-state index contributed by atoms with van der Waals surface area (Å²) in [7, 11) is 3.94. The third-order valence-electron chi connectivity index (χ3n) is 1.24. The molecule has 0 unspecified atom stereocenters. The fourth-order valence-corrected chi connectivity index (χ4v) is 1.34. The zero-order valence-corrected chi connectivity index (χ0v) is 7.90. The van der Waals surface area contributed by atoms with Gasteiger partial charge in [-0.05, 0) is 6.92 Å². The van der Waals surface area contributed by atoms with Crippen LogP contribution in [0.2, 0.25) is 0 Å². The molecule has 62 valence electrons. The summed E-state index contributed by atoms with van der Waals surface area (Å²) in [6.45, 7) is 2.83. The van der Waals surface area contributed by atoms with Crippen molar-refractivity contribution >= 4 is 11.3 Å². The molecule has 0 aliphatic carbocycles. The van der Waals surface area contributed by atoms with Gasteiger partial charge in [-0.3, -0.25) is 5.01 Å². The molecule has 1 aromatic heterocycles. The van der Waals surface area contributed by atoms with Crippen LogP contribution in [0.1, 0.15) is 10.7 Å². The summed E-state index contributed by atoms with van der Waals surface area (Å²) in [4.78, 5) is 4.31. The molecule has 1 aromatic rings. The molecule has 4 heteroatoms. The highest BCUT2D eigenvalue weighted by molar-refractivity contribution is 7.09. The number of rotatable bonds is 3. The normalized spacial score (nSPS) is 10.9. The molecule has 0 bridgehead atoms. The van der Waals surface area contributed by atoms with Crippen LogP contribution in [0.4, 0.5) is 0 Å². The van der Waals surface area contributed by atoms with Gasteiger partial charge >= 0.3 is 0 Å². The first-order valence-corrected chi connectivity index (χ1v) is 4.38. The van der Waals surface area contributed by atoms with E-state index in [1.54, 1.807) is 11.3 Å². The molecule has 0 saturated carbocycles. The van der Waals surface area contributed by atoms with Gasteiger partial charge in [-0.25, -0.2) is 10.4 Å². The minimum atomic E-state index is 0.817. The first-order valence-electron chi connectivity index (χ1n) is 3.50. The van der Waals surface area contributed by atoms with E-state index >= 15 is 0 Å². The molecule has 1 rings (SSSR count). The van der Waals surface area contributed by atoms with Crippen molar-refractivity contribution in [3.05, 3.63) is 16.1 Å². The second-order valence-corrected chi connectivity index (χ2v) is 3.65. The van der Waals surface area contributed by atoms with Gasteiger partial charge in [0, 0.05) is 19.5 Å². The summed E-state index contributed by atoms with van der Waals surface area (Å²) in [5.74, 6) is 0. The van der Waals surface area contributed by atoms with E-state index < -0.39 is 0 Å². The molecule has 0 atom stereocenters. The van der Waals surface area contributed by atoms with Gasteiger partial charge in [0.05, 0.1) is 17.2 Å². The highest BCUT2D eigenvalue weighted by atomic mass is 32.1. The molecule has 0 spiro atoms. The maximum Gasteiger partial charge on any atom is 0.0897 e. The largest absolute Gasteiger partial charge is 0.250 e. The number of aromatic nitrogens is 1. The third kappa shape index (κ3) is 2.96. The number of hydrazine groups is 1. The van der Waals surface area contributed by atoms with Crippen molar-refractivity contribution in [1.82, 2.24) is 15.4 Å². The standard InChI is InChI=1S/C7H13N3S/c1-6-9-7(5-11-6)4-8-10(2)3/h5,8H,4H2,1-3H3. The minimum Gasteiger partial charge on any atom is -0.250 e. The lowest BCUT2D eigenvalue weighted by Crippen LogP contribution is -2.29. The zero-order valence-electron chi connectivity index (χ0n) is 7.09. The number of nitrogens with zero attached hydrogens (tertiary/aromatic N) is 2. The van der Waals surface area contributed by atoms with Gasteiger partial charge in [0.25, 0.3) is 0 Å². The predicted octanol–water partition coefficient (Wildman–Crippen LogP) is 1.02. The van der Waals surface area contributed by atoms with Gasteiger partial charge in [0.2, 0.25) is 0 Å². The Balaban J connectivity index is 2.39. The Morgan fingerprint density at radius 3 is 2.82 bits per heavy atom. The first-order chi connectivity index (χ1) is 5.18. The molecule has 0 saturated heterocycles.